The van der Waals surface area contributed by atoms with E-state index < -0.39 is 0 Å². The molecular weight excluding hydrogens is 268 g/mol. The van der Waals surface area contributed by atoms with Crippen molar-refractivity contribution in [1.29, 1.82) is 0 Å². The van der Waals surface area contributed by atoms with Crippen molar-refractivity contribution in [3.63, 3.8) is 0 Å². The van der Waals surface area contributed by atoms with Crippen molar-refractivity contribution in [3.8, 4) is 11.8 Å². The second-order valence-corrected chi connectivity index (χ2v) is 4.23. The molecule has 0 aromatic carbocycles. The molecule has 6 nitrogen and oxygen atoms in total. The molecule has 6 heteroatoms. The lowest BCUT2D eigenvalue weighted by Gasteiger charge is -2.04. The summed E-state index contributed by atoms with van der Waals surface area (Å²) in [5.74, 6) is 5.43. The molecule has 2 aromatic rings. The number of carbonyl (C=O) groups excluding carboxylic acids is 1. The molecule has 2 N–H and O–H groups in total. The van der Waals surface area contributed by atoms with Gasteiger partial charge in [0.15, 0.2) is 0 Å². The Balaban J connectivity index is 1.83. The van der Waals surface area contributed by atoms with E-state index in [1.807, 2.05) is 12.3 Å². The standard InChI is InChI=1S/C15H16N4O2/c20-11-2-1-4-13-5-6-14(17-12-13)15(21)16-8-10-19-9-3-7-18-19/h3,5-7,9,12,20H,2,8,10-11H2,(H,16,21). The number of nitrogens with zero attached hydrogens (tertiary/aromatic N) is 3. The molecule has 0 aliphatic heterocycles. The van der Waals surface area contributed by atoms with E-state index in [-0.39, 0.29) is 12.5 Å². The van der Waals surface area contributed by atoms with E-state index in [1.54, 1.807) is 29.2 Å². The lowest BCUT2D eigenvalue weighted by Crippen LogP contribution is -2.28. The highest BCUT2D eigenvalue weighted by Crippen LogP contribution is 1.99. The molecule has 2 heterocycles. The first-order chi connectivity index (χ1) is 10.3. The van der Waals surface area contributed by atoms with E-state index in [2.05, 4.69) is 27.2 Å². The summed E-state index contributed by atoms with van der Waals surface area (Å²) >= 11 is 0. The van der Waals surface area contributed by atoms with Gasteiger partial charge >= 0.3 is 0 Å². The zero-order chi connectivity index (χ0) is 14.9. The lowest BCUT2D eigenvalue weighted by atomic mass is 10.2. The molecule has 0 aliphatic carbocycles. The number of aliphatic hydroxyl groups is 1. The molecule has 2 rings (SSSR count). The summed E-state index contributed by atoms with van der Waals surface area (Å²) in [5, 5.41) is 15.5. The third kappa shape index (κ3) is 4.75. The quantitative estimate of drug-likeness (QED) is 0.781. The molecule has 2 aromatic heterocycles. The van der Waals surface area contributed by atoms with Gasteiger partial charge in [-0.1, -0.05) is 11.8 Å². The van der Waals surface area contributed by atoms with Gasteiger partial charge < -0.3 is 10.4 Å². The Morgan fingerprint density at radius 2 is 2.33 bits per heavy atom. The van der Waals surface area contributed by atoms with E-state index in [0.717, 1.165) is 5.56 Å². The van der Waals surface area contributed by atoms with Crippen LogP contribution in [0.15, 0.2) is 36.8 Å². The highest BCUT2D eigenvalue weighted by Gasteiger charge is 2.05. The van der Waals surface area contributed by atoms with E-state index in [1.165, 1.54) is 0 Å². The Morgan fingerprint density at radius 3 is 3.00 bits per heavy atom. The van der Waals surface area contributed by atoms with Crippen LogP contribution in [0.4, 0.5) is 0 Å². The average Bonchev–Trinajstić information content (AvgIpc) is 3.01. The van der Waals surface area contributed by atoms with Crippen LogP contribution in [0.5, 0.6) is 0 Å². The Labute approximate surface area is 122 Å². The highest BCUT2D eigenvalue weighted by atomic mass is 16.2. The predicted octanol–water partition coefficient (Wildman–Crippen LogP) is 0.442. The number of aliphatic hydroxyl groups excluding tert-OH is 1. The van der Waals surface area contributed by atoms with Crippen molar-refractivity contribution in [1.82, 2.24) is 20.1 Å². The minimum Gasteiger partial charge on any atom is -0.395 e. The number of carbonyl (C=O) groups is 1. The summed E-state index contributed by atoms with van der Waals surface area (Å²) in [6.45, 7) is 1.14. The number of hydrogen-bond donors (Lipinski definition) is 2. The van der Waals surface area contributed by atoms with Crippen molar-refractivity contribution in [2.75, 3.05) is 13.2 Å². The molecule has 0 bridgehead atoms. The number of nitrogens with one attached hydrogen (secondary N) is 1. The summed E-state index contributed by atoms with van der Waals surface area (Å²) < 4.78 is 1.74. The van der Waals surface area contributed by atoms with Gasteiger partial charge in [0.25, 0.3) is 5.91 Å². The maximum absolute atomic E-state index is 11.9. The first-order valence-corrected chi connectivity index (χ1v) is 6.61. The van der Waals surface area contributed by atoms with Crippen LogP contribution in [-0.2, 0) is 6.54 Å². The largest absolute Gasteiger partial charge is 0.395 e. The molecule has 0 aliphatic rings. The van der Waals surface area contributed by atoms with Gasteiger partial charge in [0.1, 0.15) is 5.69 Å². The second-order valence-electron chi connectivity index (χ2n) is 4.23. The molecule has 0 saturated heterocycles. The van der Waals surface area contributed by atoms with Gasteiger partial charge in [-0.25, -0.2) is 4.98 Å². The van der Waals surface area contributed by atoms with Crippen molar-refractivity contribution >= 4 is 5.91 Å². The molecule has 0 unspecified atom stereocenters. The maximum Gasteiger partial charge on any atom is 0.269 e. The van der Waals surface area contributed by atoms with E-state index in [0.29, 0.717) is 25.2 Å². The number of rotatable bonds is 5. The molecule has 0 spiro atoms. The van der Waals surface area contributed by atoms with Crippen LogP contribution in [0.25, 0.3) is 0 Å². The number of hydrogen-bond acceptors (Lipinski definition) is 4. The first-order valence-electron chi connectivity index (χ1n) is 6.61. The molecule has 0 atom stereocenters. The Kier molecular flexibility index (Phi) is 5.50. The van der Waals surface area contributed by atoms with E-state index in [4.69, 9.17) is 5.11 Å². The minimum atomic E-state index is -0.225. The molecule has 21 heavy (non-hydrogen) atoms. The van der Waals surface area contributed by atoms with Gasteiger partial charge in [0.05, 0.1) is 13.2 Å². The maximum atomic E-state index is 11.9. The lowest BCUT2D eigenvalue weighted by molar-refractivity contribution is 0.0947. The van der Waals surface area contributed by atoms with Crippen LogP contribution < -0.4 is 5.32 Å². The Hall–Kier alpha value is -2.65. The van der Waals surface area contributed by atoms with E-state index >= 15 is 0 Å². The molecule has 0 saturated carbocycles. The smallest absolute Gasteiger partial charge is 0.269 e. The summed E-state index contributed by atoms with van der Waals surface area (Å²) in [6, 6.07) is 5.20. The van der Waals surface area contributed by atoms with Gasteiger partial charge in [0.2, 0.25) is 0 Å². The Bertz CT molecular complexity index is 624. The summed E-state index contributed by atoms with van der Waals surface area (Å²) in [4.78, 5) is 15.9. The fraction of sp³-hybridized carbons (Fsp3) is 0.267. The van der Waals surface area contributed by atoms with Crippen LogP contribution in [0, 0.1) is 11.8 Å². The zero-order valence-electron chi connectivity index (χ0n) is 11.5. The van der Waals surface area contributed by atoms with Gasteiger partial charge in [-0.3, -0.25) is 9.48 Å². The molecule has 0 fully saturated rings. The van der Waals surface area contributed by atoms with Gasteiger partial charge in [0, 0.05) is 37.1 Å². The fourth-order valence-electron chi connectivity index (χ4n) is 1.63. The van der Waals surface area contributed by atoms with Gasteiger partial charge in [-0.05, 0) is 18.2 Å². The molecular formula is C15H16N4O2. The Morgan fingerprint density at radius 1 is 1.43 bits per heavy atom. The topological polar surface area (TPSA) is 80.0 Å². The van der Waals surface area contributed by atoms with Crippen molar-refractivity contribution in [2.24, 2.45) is 0 Å². The van der Waals surface area contributed by atoms with Crippen molar-refractivity contribution in [2.45, 2.75) is 13.0 Å². The first kappa shape index (κ1) is 14.8. The molecule has 1 amide bonds. The third-order valence-corrected chi connectivity index (χ3v) is 2.65. The van der Waals surface area contributed by atoms with Crippen molar-refractivity contribution < 1.29 is 9.90 Å². The molecule has 108 valence electrons. The van der Waals surface area contributed by atoms with Gasteiger partial charge in [-0.2, -0.15) is 5.10 Å². The highest BCUT2D eigenvalue weighted by molar-refractivity contribution is 5.92. The predicted molar refractivity (Wildman–Crippen MR) is 77.4 cm³/mol. The van der Waals surface area contributed by atoms with E-state index in [9.17, 15) is 4.79 Å². The van der Waals surface area contributed by atoms with Crippen LogP contribution in [0.3, 0.4) is 0 Å². The second kappa shape index (κ2) is 7.82. The number of pyridine rings is 1. The van der Waals surface area contributed by atoms with Gasteiger partial charge in [-0.15, -0.1) is 0 Å². The van der Waals surface area contributed by atoms with Crippen LogP contribution in [0.2, 0.25) is 0 Å². The SMILES string of the molecule is O=C(NCCn1cccn1)c1ccc(C#CCCO)cn1. The summed E-state index contributed by atoms with van der Waals surface area (Å²) in [6.07, 6.45) is 5.51. The third-order valence-electron chi connectivity index (χ3n) is 2.65. The van der Waals surface area contributed by atoms with Crippen LogP contribution >= 0.6 is 0 Å². The number of amides is 1. The van der Waals surface area contributed by atoms with Crippen LogP contribution in [-0.4, -0.2) is 38.9 Å². The van der Waals surface area contributed by atoms with Crippen molar-refractivity contribution in [3.05, 3.63) is 48.0 Å². The van der Waals surface area contributed by atoms with Crippen LogP contribution in [0.1, 0.15) is 22.5 Å². The normalized spacial score (nSPS) is 9.76. The average molecular weight is 284 g/mol. The number of aromatic nitrogens is 3. The summed E-state index contributed by atoms with van der Waals surface area (Å²) in [5.41, 5.74) is 1.07. The minimum absolute atomic E-state index is 0.0389. The summed E-state index contributed by atoms with van der Waals surface area (Å²) in [7, 11) is 0. The fourth-order valence-corrected chi connectivity index (χ4v) is 1.63. The monoisotopic (exact) mass is 284 g/mol. The molecule has 0 radical (unpaired) electrons. The zero-order valence-corrected chi connectivity index (χ0v) is 11.5.